The average molecular weight is 396 g/mol. The molecular formula is C23H28N4O2. The van der Waals surface area contributed by atoms with Crippen LogP contribution in [0.3, 0.4) is 0 Å². The maximum Gasteiger partial charge on any atom is 0.326 e. The van der Waals surface area contributed by atoms with Crippen molar-refractivity contribution in [2.24, 2.45) is 5.92 Å². The summed E-state index contributed by atoms with van der Waals surface area (Å²) in [4.78, 5) is 34.1. The molecule has 2 fully saturated rings. The molecule has 0 saturated carbocycles. The number of H-pyrrole nitrogens is 1. The minimum atomic E-state index is -2.54. The Morgan fingerprint density at radius 2 is 2.31 bits per heavy atom. The van der Waals surface area contributed by atoms with Gasteiger partial charge in [0.05, 0.1) is 5.92 Å². The molecule has 3 amide bonds. The lowest BCUT2D eigenvalue weighted by molar-refractivity contribution is -0.136. The summed E-state index contributed by atoms with van der Waals surface area (Å²) in [5.41, 5.74) is 3.66. The Hall–Kier alpha value is -2.60. The standard InChI is InChI=1S/C23H28N4O2/c1-3-8-26-14-16(22(28)27-10-5-9-25(2)23(27)29)11-18-17-6-4-7-19-21(17)15(13-24-19)12-20(18)26/h3-4,6-7,13,16,18,20,24H,1,5,8-12,14H2,2H3/t16-,18-,20-/m1/s1/i2D3. The van der Waals surface area contributed by atoms with E-state index in [0.717, 1.165) is 21.7 Å². The van der Waals surface area contributed by atoms with E-state index in [1.165, 1.54) is 16.5 Å². The molecule has 0 spiro atoms. The van der Waals surface area contributed by atoms with Crippen molar-refractivity contribution in [3.8, 4) is 0 Å². The van der Waals surface area contributed by atoms with Gasteiger partial charge in [0.1, 0.15) is 0 Å². The van der Waals surface area contributed by atoms with Crippen molar-refractivity contribution in [1.29, 1.82) is 0 Å². The van der Waals surface area contributed by atoms with Gasteiger partial charge in [0.2, 0.25) is 5.91 Å². The minimum absolute atomic E-state index is 0.148. The monoisotopic (exact) mass is 395 g/mol. The molecule has 1 aliphatic carbocycles. The van der Waals surface area contributed by atoms with E-state index < -0.39 is 13.0 Å². The average Bonchev–Trinajstić information content (AvgIpc) is 3.17. The number of carbonyl (C=O) groups is 2. The summed E-state index contributed by atoms with van der Waals surface area (Å²) >= 11 is 0. The summed E-state index contributed by atoms with van der Waals surface area (Å²) in [6.07, 6.45) is 5.98. The first-order valence-corrected chi connectivity index (χ1v) is 10.4. The van der Waals surface area contributed by atoms with Gasteiger partial charge in [-0.25, -0.2) is 4.79 Å². The number of hydrogen-bond donors (Lipinski definition) is 1. The van der Waals surface area contributed by atoms with E-state index in [1.807, 2.05) is 12.1 Å². The molecule has 3 heterocycles. The lowest BCUT2D eigenvalue weighted by atomic mass is 9.72. The fourth-order valence-electron chi connectivity index (χ4n) is 5.50. The summed E-state index contributed by atoms with van der Waals surface area (Å²) in [6.45, 7) is 3.00. The van der Waals surface area contributed by atoms with Crippen LogP contribution in [0.5, 0.6) is 0 Å². The number of aromatic nitrogens is 1. The van der Waals surface area contributed by atoms with E-state index in [4.69, 9.17) is 4.11 Å². The molecule has 3 aliphatic rings. The molecule has 1 aromatic carbocycles. The lowest BCUT2D eigenvalue weighted by Gasteiger charge is -2.47. The molecule has 0 radical (unpaired) electrons. The Balaban J connectivity index is 1.46. The smallest absolute Gasteiger partial charge is 0.326 e. The number of likely N-dealkylation sites (tertiary alicyclic amines) is 1. The largest absolute Gasteiger partial charge is 0.361 e. The van der Waals surface area contributed by atoms with Crippen LogP contribution >= 0.6 is 0 Å². The number of nitrogens with zero attached hydrogens (tertiary/aromatic N) is 3. The number of piperidine rings is 1. The van der Waals surface area contributed by atoms with E-state index in [2.05, 4.69) is 34.8 Å². The van der Waals surface area contributed by atoms with E-state index in [9.17, 15) is 9.59 Å². The molecular weight excluding hydrogens is 364 g/mol. The first-order chi connectivity index (χ1) is 15.3. The zero-order valence-corrected chi connectivity index (χ0v) is 16.4. The highest BCUT2D eigenvalue weighted by molar-refractivity contribution is 5.96. The normalized spacial score (nSPS) is 29.2. The third-order valence-electron chi connectivity index (χ3n) is 6.78. The lowest BCUT2D eigenvalue weighted by Crippen LogP contribution is -2.57. The van der Waals surface area contributed by atoms with Gasteiger partial charge < -0.3 is 9.88 Å². The summed E-state index contributed by atoms with van der Waals surface area (Å²) in [5.74, 6) is -0.459. The number of fused-ring (bicyclic) bond motifs is 2. The van der Waals surface area contributed by atoms with Gasteiger partial charge in [-0.2, -0.15) is 0 Å². The number of imide groups is 1. The topological polar surface area (TPSA) is 59.7 Å². The molecule has 2 aromatic rings. The van der Waals surface area contributed by atoms with Crippen molar-refractivity contribution in [2.75, 3.05) is 33.2 Å². The number of carbonyl (C=O) groups excluding carboxylic acids is 2. The van der Waals surface area contributed by atoms with Crippen molar-refractivity contribution >= 4 is 22.8 Å². The third-order valence-corrected chi connectivity index (χ3v) is 6.78. The second-order valence-electron chi connectivity index (χ2n) is 8.41. The SMILES string of the molecule is [2H]C([2H])([2H])N1CCCN(C(=O)[C@@H]2C[C@@H]3c4cccc5[nH]cc(c45)C[C@H]3N(CC=C)C2)C1=O. The molecule has 6 nitrogen and oxygen atoms in total. The van der Waals surface area contributed by atoms with E-state index in [-0.39, 0.29) is 36.9 Å². The third kappa shape index (κ3) is 2.89. The van der Waals surface area contributed by atoms with Crippen LogP contribution in [0.25, 0.3) is 10.9 Å². The van der Waals surface area contributed by atoms with Crippen molar-refractivity contribution in [3.63, 3.8) is 0 Å². The van der Waals surface area contributed by atoms with Crippen molar-refractivity contribution in [3.05, 3.63) is 48.2 Å². The summed E-state index contributed by atoms with van der Waals surface area (Å²) in [6, 6.07) is 5.84. The molecule has 2 saturated heterocycles. The Labute approximate surface area is 175 Å². The van der Waals surface area contributed by atoms with Gasteiger partial charge in [-0.05, 0) is 36.5 Å². The Morgan fingerprint density at radius 3 is 3.14 bits per heavy atom. The molecule has 6 heteroatoms. The highest BCUT2D eigenvalue weighted by atomic mass is 16.2. The first kappa shape index (κ1) is 15.3. The Kier molecular flexibility index (Phi) is 3.70. The number of urea groups is 1. The first-order valence-electron chi connectivity index (χ1n) is 11.9. The van der Waals surface area contributed by atoms with Crippen LogP contribution in [0.4, 0.5) is 4.79 Å². The summed E-state index contributed by atoms with van der Waals surface area (Å²) < 4.78 is 22.9. The molecule has 29 heavy (non-hydrogen) atoms. The van der Waals surface area contributed by atoms with Gasteiger partial charge in [-0.3, -0.25) is 14.6 Å². The molecule has 0 unspecified atom stereocenters. The second kappa shape index (κ2) is 7.02. The number of hydrogen-bond acceptors (Lipinski definition) is 3. The van der Waals surface area contributed by atoms with Crippen molar-refractivity contribution < 1.29 is 13.7 Å². The van der Waals surface area contributed by atoms with Crippen LogP contribution < -0.4 is 0 Å². The second-order valence-corrected chi connectivity index (χ2v) is 8.41. The molecule has 1 aromatic heterocycles. The summed E-state index contributed by atoms with van der Waals surface area (Å²) in [5, 5.41) is 1.25. The molecule has 2 aliphatic heterocycles. The fraction of sp³-hybridized carbons (Fsp3) is 0.478. The maximum absolute atomic E-state index is 13.5. The van der Waals surface area contributed by atoms with Gasteiger partial charge in [0, 0.05) is 66.3 Å². The molecule has 0 bridgehead atoms. The predicted molar refractivity (Wildman–Crippen MR) is 113 cm³/mol. The van der Waals surface area contributed by atoms with Crippen molar-refractivity contribution in [2.45, 2.75) is 31.2 Å². The molecule has 3 atom stereocenters. The maximum atomic E-state index is 13.5. The van der Waals surface area contributed by atoms with Gasteiger partial charge in [0.25, 0.3) is 0 Å². The number of amides is 3. The van der Waals surface area contributed by atoms with Crippen LogP contribution in [0, 0.1) is 5.92 Å². The highest BCUT2D eigenvalue weighted by Gasteiger charge is 2.44. The van der Waals surface area contributed by atoms with Crippen LogP contribution in [-0.4, -0.2) is 70.8 Å². The van der Waals surface area contributed by atoms with Crippen LogP contribution in [0.15, 0.2) is 37.1 Å². The Morgan fingerprint density at radius 1 is 1.41 bits per heavy atom. The van der Waals surface area contributed by atoms with Crippen molar-refractivity contribution in [1.82, 2.24) is 19.7 Å². The quantitative estimate of drug-likeness (QED) is 0.813. The van der Waals surface area contributed by atoms with Crippen LogP contribution in [-0.2, 0) is 11.2 Å². The number of benzene rings is 1. The number of rotatable bonds is 3. The van der Waals surface area contributed by atoms with Crippen LogP contribution in [0.1, 0.15) is 34.0 Å². The fourth-order valence-corrected chi connectivity index (χ4v) is 5.50. The minimum Gasteiger partial charge on any atom is -0.361 e. The zero-order chi connectivity index (χ0) is 22.6. The number of aromatic amines is 1. The Bertz CT molecular complexity index is 1080. The summed E-state index contributed by atoms with van der Waals surface area (Å²) in [7, 11) is 0. The predicted octanol–water partition coefficient (Wildman–Crippen LogP) is 2.97. The molecule has 5 rings (SSSR count). The van der Waals surface area contributed by atoms with Gasteiger partial charge in [-0.15, -0.1) is 6.58 Å². The van der Waals surface area contributed by atoms with E-state index >= 15 is 0 Å². The van der Waals surface area contributed by atoms with Crippen LogP contribution in [0.2, 0.25) is 0 Å². The van der Waals surface area contributed by atoms with E-state index in [1.54, 1.807) is 0 Å². The molecule has 1 N–H and O–H groups in total. The molecule has 152 valence electrons. The van der Waals surface area contributed by atoms with E-state index in [0.29, 0.717) is 25.9 Å². The zero-order valence-electron chi connectivity index (χ0n) is 19.4. The highest BCUT2D eigenvalue weighted by Crippen LogP contribution is 2.45. The van der Waals surface area contributed by atoms with Gasteiger partial charge >= 0.3 is 6.03 Å². The van der Waals surface area contributed by atoms with Gasteiger partial charge in [-0.1, -0.05) is 18.2 Å². The van der Waals surface area contributed by atoms with Gasteiger partial charge in [0.15, 0.2) is 0 Å². The number of nitrogens with one attached hydrogen (secondary N) is 1.